The summed E-state index contributed by atoms with van der Waals surface area (Å²) in [5.41, 5.74) is 0.505. The first-order chi connectivity index (χ1) is 8.96. The van der Waals surface area contributed by atoms with E-state index in [1.807, 2.05) is 0 Å². The van der Waals surface area contributed by atoms with E-state index in [1.165, 1.54) is 15.6 Å². The highest BCUT2D eigenvalue weighted by Gasteiger charge is 2.24. The largest absolute Gasteiger partial charge is 0.273 e. The van der Waals surface area contributed by atoms with Crippen LogP contribution in [0.15, 0.2) is 39.9 Å². The molecule has 0 fully saturated rings. The number of anilines is 1. The van der Waals surface area contributed by atoms with Gasteiger partial charge in [-0.1, -0.05) is 29.3 Å². The van der Waals surface area contributed by atoms with Crippen molar-refractivity contribution in [2.24, 2.45) is 0 Å². The van der Waals surface area contributed by atoms with Crippen LogP contribution < -0.4 is 4.31 Å². The van der Waals surface area contributed by atoms with E-state index in [2.05, 4.69) is 0 Å². The average molecular weight is 336 g/mol. The van der Waals surface area contributed by atoms with Gasteiger partial charge in [0.2, 0.25) is 0 Å². The third-order valence-corrected chi connectivity index (χ3v) is 6.53. The summed E-state index contributed by atoms with van der Waals surface area (Å²) in [7, 11) is -3.54. The lowest BCUT2D eigenvalue weighted by atomic mass is 10.3. The lowest BCUT2D eigenvalue weighted by Crippen LogP contribution is -2.30. The van der Waals surface area contributed by atoms with Gasteiger partial charge in [0.05, 0.1) is 15.7 Å². The highest BCUT2D eigenvalue weighted by Crippen LogP contribution is 2.31. The minimum Gasteiger partial charge on any atom is -0.266 e. The number of nitrogens with zero attached hydrogens (tertiary/aromatic N) is 1. The zero-order valence-electron chi connectivity index (χ0n) is 10.0. The molecule has 1 aromatic heterocycles. The van der Waals surface area contributed by atoms with Gasteiger partial charge in [-0.3, -0.25) is 4.31 Å². The zero-order chi connectivity index (χ0) is 14.0. The number of thiophene rings is 1. The molecule has 0 unspecified atom stereocenters. The molecular formula is C12H11Cl2NO2S2. The van der Waals surface area contributed by atoms with E-state index in [0.29, 0.717) is 26.5 Å². The fourth-order valence-corrected chi connectivity index (χ4v) is 4.51. The van der Waals surface area contributed by atoms with Crippen LogP contribution in [0.4, 0.5) is 5.69 Å². The third kappa shape index (κ3) is 2.89. The van der Waals surface area contributed by atoms with Crippen molar-refractivity contribution < 1.29 is 8.42 Å². The average Bonchev–Trinajstić information content (AvgIpc) is 2.88. The van der Waals surface area contributed by atoms with E-state index in [1.54, 1.807) is 42.6 Å². The van der Waals surface area contributed by atoms with Gasteiger partial charge in [0.1, 0.15) is 4.21 Å². The molecule has 0 amide bonds. The van der Waals surface area contributed by atoms with Gasteiger partial charge < -0.3 is 0 Å². The first-order valence-electron chi connectivity index (χ1n) is 5.48. The molecule has 0 aliphatic heterocycles. The Kier molecular flexibility index (Phi) is 4.40. The second-order valence-electron chi connectivity index (χ2n) is 3.70. The Balaban J connectivity index is 2.48. The predicted molar refractivity (Wildman–Crippen MR) is 81.0 cm³/mol. The van der Waals surface area contributed by atoms with Gasteiger partial charge in [-0.05, 0) is 36.6 Å². The number of rotatable bonds is 4. The van der Waals surface area contributed by atoms with E-state index in [9.17, 15) is 8.42 Å². The summed E-state index contributed by atoms with van der Waals surface area (Å²) in [5.74, 6) is 0. The summed E-state index contributed by atoms with van der Waals surface area (Å²) in [4.78, 5) is 0. The smallest absolute Gasteiger partial charge is 0.266 e. The molecule has 0 atom stereocenters. The van der Waals surface area contributed by atoms with Crippen molar-refractivity contribution in [1.29, 1.82) is 0 Å². The molecule has 102 valence electrons. The standard InChI is InChI=1S/C12H11Cl2NO2S2/c1-2-15(9-5-6-10(13)11(14)8-9)19(16,17)12-4-3-7-18-12/h3-8H,2H2,1H3. The normalized spacial score (nSPS) is 11.5. The summed E-state index contributed by atoms with van der Waals surface area (Å²) < 4.78 is 26.6. The molecule has 0 aliphatic carbocycles. The van der Waals surface area contributed by atoms with Gasteiger partial charge in [-0.2, -0.15) is 0 Å². The van der Waals surface area contributed by atoms with E-state index in [-0.39, 0.29) is 0 Å². The van der Waals surface area contributed by atoms with E-state index >= 15 is 0 Å². The minimum absolute atomic E-state index is 0.306. The van der Waals surface area contributed by atoms with Gasteiger partial charge in [-0.25, -0.2) is 8.42 Å². The zero-order valence-corrected chi connectivity index (χ0v) is 13.2. The van der Waals surface area contributed by atoms with E-state index in [0.717, 1.165) is 0 Å². The maximum absolute atomic E-state index is 12.5. The third-order valence-electron chi connectivity index (χ3n) is 2.52. The van der Waals surface area contributed by atoms with Crippen molar-refractivity contribution in [3.63, 3.8) is 0 Å². The summed E-state index contributed by atoms with van der Waals surface area (Å²) in [6.45, 7) is 2.09. The molecular weight excluding hydrogens is 325 g/mol. The number of hydrogen-bond donors (Lipinski definition) is 0. The Labute approximate surface area is 126 Å². The maximum Gasteiger partial charge on any atom is 0.273 e. The first-order valence-corrected chi connectivity index (χ1v) is 8.55. The summed E-state index contributed by atoms with van der Waals surface area (Å²) >= 11 is 13.0. The van der Waals surface area contributed by atoms with Crippen molar-refractivity contribution in [2.75, 3.05) is 10.8 Å². The molecule has 0 spiro atoms. The molecule has 0 bridgehead atoms. The van der Waals surface area contributed by atoms with E-state index in [4.69, 9.17) is 23.2 Å². The molecule has 19 heavy (non-hydrogen) atoms. The molecule has 0 aliphatic rings. The second kappa shape index (κ2) is 5.71. The molecule has 2 aromatic rings. The van der Waals surface area contributed by atoms with Crippen molar-refractivity contribution in [3.8, 4) is 0 Å². The molecule has 7 heteroatoms. The Morgan fingerprint density at radius 3 is 2.47 bits per heavy atom. The van der Waals surface area contributed by atoms with Crippen molar-refractivity contribution in [1.82, 2.24) is 0 Å². The minimum atomic E-state index is -3.54. The van der Waals surface area contributed by atoms with Crippen LogP contribution in [0.1, 0.15) is 6.92 Å². The number of hydrogen-bond acceptors (Lipinski definition) is 3. The summed E-state index contributed by atoms with van der Waals surface area (Å²) in [5, 5.41) is 2.46. The Morgan fingerprint density at radius 2 is 1.95 bits per heavy atom. The monoisotopic (exact) mass is 335 g/mol. The van der Waals surface area contributed by atoms with Crippen molar-refractivity contribution in [3.05, 3.63) is 45.8 Å². The van der Waals surface area contributed by atoms with Gasteiger partial charge in [0.15, 0.2) is 0 Å². The number of sulfonamides is 1. The van der Waals surface area contributed by atoms with Crippen LogP contribution in [-0.4, -0.2) is 15.0 Å². The molecule has 3 nitrogen and oxygen atoms in total. The van der Waals surface area contributed by atoms with Crippen LogP contribution >= 0.6 is 34.5 Å². The lowest BCUT2D eigenvalue weighted by molar-refractivity contribution is 0.594. The molecule has 1 heterocycles. The summed E-state index contributed by atoms with van der Waals surface area (Å²) in [6, 6.07) is 8.08. The van der Waals surface area contributed by atoms with Crippen LogP contribution in [0.3, 0.4) is 0 Å². The topological polar surface area (TPSA) is 37.4 Å². The number of halogens is 2. The molecule has 0 saturated heterocycles. The Bertz CT molecular complexity index is 669. The van der Waals surface area contributed by atoms with Gasteiger partial charge in [0.25, 0.3) is 10.0 Å². The van der Waals surface area contributed by atoms with E-state index < -0.39 is 10.0 Å². The fraction of sp³-hybridized carbons (Fsp3) is 0.167. The predicted octanol–water partition coefficient (Wildman–Crippen LogP) is 4.27. The van der Waals surface area contributed by atoms with Crippen molar-refractivity contribution >= 4 is 50.2 Å². The number of benzene rings is 1. The van der Waals surface area contributed by atoms with Gasteiger partial charge in [0, 0.05) is 6.54 Å². The lowest BCUT2D eigenvalue weighted by Gasteiger charge is -2.22. The van der Waals surface area contributed by atoms with Crippen LogP contribution in [0.2, 0.25) is 10.0 Å². The Morgan fingerprint density at radius 1 is 1.21 bits per heavy atom. The SMILES string of the molecule is CCN(c1ccc(Cl)c(Cl)c1)S(=O)(=O)c1cccs1. The van der Waals surface area contributed by atoms with Crippen LogP contribution in [0, 0.1) is 0 Å². The highest BCUT2D eigenvalue weighted by molar-refractivity contribution is 7.94. The van der Waals surface area contributed by atoms with Gasteiger partial charge >= 0.3 is 0 Å². The highest BCUT2D eigenvalue weighted by atomic mass is 35.5. The maximum atomic E-state index is 12.5. The fourth-order valence-electron chi connectivity index (χ4n) is 1.65. The molecule has 0 saturated carbocycles. The van der Waals surface area contributed by atoms with Crippen LogP contribution in [0.25, 0.3) is 0 Å². The van der Waals surface area contributed by atoms with Crippen molar-refractivity contribution in [2.45, 2.75) is 11.1 Å². The molecule has 0 N–H and O–H groups in total. The molecule has 1 aromatic carbocycles. The molecule has 0 radical (unpaired) electrons. The summed E-state index contributed by atoms with van der Waals surface area (Å²) in [6.07, 6.45) is 0. The Hall–Kier alpha value is -0.750. The van der Waals surface area contributed by atoms with Crippen LogP contribution in [0.5, 0.6) is 0 Å². The molecule has 2 rings (SSSR count). The quantitative estimate of drug-likeness (QED) is 0.836. The first kappa shape index (κ1) is 14.7. The second-order valence-corrected chi connectivity index (χ2v) is 7.55. The van der Waals surface area contributed by atoms with Gasteiger partial charge in [-0.15, -0.1) is 11.3 Å². The van der Waals surface area contributed by atoms with Crippen LogP contribution in [-0.2, 0) is 10.0 Å².